The number of carbonyl (C=O) groups is 1. The van der Waals surface area contributed by atoms with Gasteiger partial charge in [0.05, 0.1) is 9.93 Å². The van der Waals surface area contributed by atoms with Crippen LogP contribution in [-0.2, 0) is 0 Å². The van der Waals surface area contributed by atoms with Gasteiger partial charge in [0.1, 0.15) is 10.7 Å². The summed E-state index contributed by atoms with van der Waals surface area (Å²) in [4.78, 5) is 25.8. The van der Waals surface area contributed by atoms with Gasteiger partial charge in [-0.25, -0.2) is 9.78 Å². The molecule has 2 aromatic rings. The SMILES string of the molecule is CC(C)c1nc(C(=O)O)c(Nc2ccccc2[N+](=O)[O-])s1. The molecule has 0 radical (unpaired) electrons. The van der Waals surface area contributed by atoms with Gasteiger partial charge in [0.2, 0.25) is 0 Å². The van der Waals surface area contributed by atoms with E-state index in [1.165, 1.54) is 23.5 Å². The third-order valence-electron chi connectivity index (χ3n) is 2.69. The Morgan fingerprint density at radius 3 is 2.67 bits per heavy atom. The van der Waals surface area contributed by atoms with Gasteiger partial charge in [-0.05, 0) is 6.07 Å². The second kappa shape index (κ2) is 5.88. The van der Waals surface area contributed by atoms with Crippen molar-refractivity contribution in [3.8, 4) is 0 Å². The molecule has 110 valence electrons. The summed E-state index contributed by atoms with van der Waals surface area (Å²) >= 11 is 1.19. The molecule has 21 heavy (non-hydrogen) atoms. The summed E-state index contributed by atoms with van der Waals surface area (Å²) < 4.78 is 0. The quantitative estimate of drug-likeness (QED) is 0.645. The van der Waals surface area contributed by atoms with Crippen LogP contribution in [0.15, 0.2) is 24.3 Å². The number of aromatic nitrogens is 1. The normalized spacial score (nSPS) is 10.6. The van der Waals surface area contributed by atoms with Crippen LogP contribution in [0, 0.1) is 10.1 Å². The number of hydrogen-bond acceptors (Lipinski definition) is 6. The van der Waals surface area contributed by atoms with Crippen LogP contribution < -0.4 is 5.32 Å². The fourth-order valence-electron chi connectivity index (χ4n) is 1.67. The number of thiazole rings is 1. The standard InChI is InChI=1S/C13H13N3O4S/c1-7(2)11-15-10(13(17)18)12(21-11)14-8-5-3-4-6-9(8)16(19)20/h3-7,14H,1-2H3,(H,17,18). The number of anilines is 2. The zero-order valence-corrected chi connectivity index (χ0v) is 12.2. The summed E-state index contributed by atoms with van der Waals surface area (Å²) in [7, 11) is 0. The summed E-state index contributed by atoms with van der Waals surface area (Å²) in [6.07, 6.45) is 0. The van der Waals surface area contributed by atoms with Gasteiger partial charge in [-0.15, -0.1) is 11.3 Å². The Balaban J connectivity index is 2.44. The molecule has 1 heterocycles. The smallest absolute Gasteiger partial charge is 0.357 e. The van der Waals surface area contributed by atoms with Crippen LogP contribution in [0.3, 0.4) is 0 Å². The highest BCUT2D eigenvalue weighted by molar-refractivity contribution is 7.16. The molecule has 0 amide bonds. The second-order valence-electron chi connectivity index (χ2n) is 4.59. The summed E-state index contributed by atoms with van der Waals surface area (Å²) in [5.41, 5.74) is -0.000794. The molecule has 2 rings (SSSR count). The molecule has 0 atom stereocenters. The molecule has 0 aliphatic rings. The average Bonchev–Trinajstić information content (AvgIpc) is 2.83. The Morgan fingerprint density at radius 2 is 2.10 bits per heavy atom. The third kappa shape index (κ3) is 3.16. The van der Waals surface area contributed by atoms with Crippen molar-refractivity contribution >= 4 is 33.7 Å². The van der Waals surface area contributed by atoms with Crippen LogP contribution in [0.25, 0.3) is 0 Å². The van der Waals surface area contributed by atoms with Gasteiger partial charge in [-0.1, -0.05) is 26.0 Å². The van der Waals surface area contributed by atoms with E-state index in [0.29, 0.717) is 10.0 Å². The van der Waals surface area contributed by atoms with Crippen LogP contribution in [0.2, 0.25) is 0 Å². The number of para-hydroxylation sites is 2. The van der Waals surface area contributed by atoms with E-state index in [2.05, 4.69) is 10.3 Å². The molecular weight excluding hydrogens is 294 g/mol. The third-order valence-corrected chi connectivity index (χ3v) is 3.96. The topological polar surface area (TPSA) is 105 Å². The van der Waals surface area contributed by atoms with Gasteiger partial charge in [0, 0.05) is 12.0 Å². The van der Waals surface area contributed by atoms with Crippen LogP contribution >= 0.6 is 11.3 Å². The van der Waals surface area contributed by atoms with E-state index in [9.17, 15) is 20.0 Å². The molecule has 1 aromatic carbocycles. The van der Waals surface area contributed by atoms with Gasteiger partial charge in [-0.2, -0.15) is 0 Å². The van der Waals surface area contributed by atoms with Gasteiger partial charge >= 0.3 is 5.97 Å². The number of carboxylic acids is 1. The van der Waals surface area contributed by atoms with Gasteiger partial charge in [-0.3, -0.25) is 10.1 Å². The fourth-order valence-corrected chi connectivity index (χ4v) is 2.65. The first-order valence-electron chi connectivity index (χ1n) is 6.14. The summed E-state index contributed by atoms with van der Waals surface area (Å²) in [6, 6.07) is 6.07. The van der Waals surface area contributed by atoms with Crippen molar-refractivity contribution in [3.63, 3.8) is 0 Å². The summed E-state index contributed by atoms with van der Waals surface area (Å²) in [5.74, 6) is -1.09. The number of nitro benzene ring substituents is 1. The lowest BCUT2D eigenvalue weighted by atomic mass is 10.2. The van der Waals surface area contributed by atoms with Crippen LogP contribution in [0.4, 0.5) is 16.4 Å². The Labute approximate surface area is 124 Å². The zero-order chi connectivity index (χ0) is 15.6. The van der Waals surface area contributed by atoms with Gasteiger partial charge in [0.25, 0.3) is 5.69 Å². The fraction of sp³-hybridized carbons (Fsp3) is 0.231. The number of nitrogens with zero attached hydrogens (tertiary/aromatic N) is 2. The molecule has 1 aromatic heterocycles. The first-order chi connectivity index (χ1) is 9.90. The Kier molecular flexibility index (Phi) is 4.18. The van der Waals surface area contributed by atoms with E-state index in [-0.39, 0.29) is 23.0 Å². The number of nitro groups is 1. The minimum Gasteiger partial charge on any atom is -0.476 e. The van der Waals surface area contributed by atoms with E-state index >= 15 is 0 Å². The highest BCUT2D eigenvalue weighted by Gasteiger charge is 2.21. The maximum Gasteiger partial charge on any atom is 0.357 e. The molecule has 0 aliphatic heterocycles. The molecule has 0 saturated carbocycles. The first kappa shape index (κ1) is 14.9. The van der Waals surface area contributed by atoms with E-state index in [4.69, 9.17) is 0 Å². The Hall–Kier alpha value is -2.48. The molecule has 2 N–H and O–H groups in total. The van der Waals surface area contributed by atoms with E-state index in [1.54, 1.807) is 12.1 Å². The van der Waals surface area contributed by atoms with Crippen molar-refractivity contribution in [3.05, 3.63) is 45.1 Å². The number of carboxylic acid groups (broad SMARTS) is 1. The molecule has 0 saturated heterocycles. The van der Waals surface area contributed by atoms with Crippen molar-refractivity contribution in [2.24, 2.45) is 0 Å². The number of aromatic carboxylic acids is 1. The van der Waals surface area contributed by atoms with Crippen LogP contribution in [0.1, 0.15) is 35.3 Å². The maximum absolute atomic E-state index is 11.2. The molecule has 0 unspecified atom stereocenters. The lowest BCUT2D eigenvalue weighted by Crippen LogP contribution is -2.03. The molecule has 7 nitrogen and oxygen atoms in total. The summed E-state index contributed by atoms with van der Waals surface area (Å²) in [6.45, 7) is 3.80. The summed E-state index contributed by atoms with van der Waals surface area (Å²) in [5, 5.41) is 23.9. The zero-order valence-electron chi connectivity index (χ0n) is 11.4. The number of nitrogens with one attached hydrogen (secondary N) is 1. The van der Waals surface area contributed by atoms with Crippen molar-refractivity contribution < 1.29 is 14.8 Å². The largest absolute Gasteiger partial charge is 0.476 e. The van der Waals surface area contributed by atoms with Crippen molar-refractivity contribution in [1.29, 1.82) is 0 Å². The van der Waals surface area contributed by atoms with E-state index < -0.39 is 10.9 Å². The molecule has 8 heteroatoms. The monoisotopic (exact) mass is 307 g/mol. The van der Waals surface area contributed by atoms with Gasteiger partial charge in [0.15, 0.2) is 5.69 Å². The van der Waals surface area contributed by atoms with Crippen molar-refractivity contribution in [1.82, 2.24) is 4.98 Å². The second-order valence-corrected chi connectivity index (χ2v) is 5.62. The van der Waals surface area contributed by atoms with Gasteiger partial charge < -0.3 is 10.4 Å². The minimum absolute atomic E-state index is 0.0782. The maximum atomic E-state index is 11.2. The van der Waals surface area contributed by atoms with Crippen molar-refractivity contribution in [2.75, 3.05) is 5.32 Å². The Bertz CT molecular complexity index is 696. The molecule has 0 spiro atoms. The highest BCUT2D eigenvalue weighted by Crippen LogP contribution is 2.34. The van der Waals surface area contributed by atoms with E-state index in [1.807, 2.05) is 13.8 Å². The van der Waals surface area contributed by atoms with Crippen LogP contribution in [-0.4, -0.2) is 21.0 Å². The number of rotatable bonds is 5. The molecule has 0 bridgehead atoms. The highest BCUT2D eigenvalue weighted by atomic mass is 32.1. The molecule has 0 aliphatic carbocycles. The first-order valence-corrected chi connectivity index (χ1v) is 6.96. The van der Waals surface area contributed by atoms with Crippen LogP contribution in [0.5, 0.6) is 0 Å². The lowest BCUT2D eigenvalue weighted by Gasteiger charge is -2.04. The predicted molar refractivity (Wildman–Crippen MR) is 79.5 cm³/mol. The molecule has 0 fully saturated rings. The van der Waals surface area contributed by atoms with E-state index in [0.717, 1.165) is 0 Å². The lowest BCUT2D eigenvalue weighted by molar-refractivity contribution is -0.383. The van der Waals surface area contributed by atoms with Crippen molar-refractivity contribution in [2.45, 2.75) is 19.8 Å². The minimum atomic E-state index is -1.17. The average molecular weight is 307 g/mol. The number of hydrogen-bond donors (Lipinski definition) is 2. The predicted octanol–water partition coefficient (Wildman–Crippen LogP) is 3.62. The Morgan fingerprint density at radius 1 is 1.43 bits per heavy atom. The molecular formula is C13H13N3O4S. The number of benzene rings is 1.